The molecule has 0 aromatic carbocycles. The van der Waals surface area contributed by atoms with Gasteiger partial charge in [0.1, 0.15) is 5.60 Å². The fourth-order valence-electron chi connectivity index (χ4n) is 7.79. The SMILES string of the molecule is C#C[C@]1(O)CC[C@H]2[C@H]3[C@H](CC[C@@]21C)[C@H]1CCC(=O)C=C1C[C@H]3C(C(=O)OCC)C(=O)OCC. The summed E-state index contributed by atoms with van der Waals surface area (Å²) >= 11 is 0. The Hall–Kier alpha value is -2.13. The van der Waals surface area contributed by atoms with Crippen LogP contribution < -0.4 is 0 Å². The summed E-state index contributed by atoms with van der Waals surface area (Å²) in [5, 5.41) is 11.3. The van der Waals surface area contributed by atoms with Crippen molar-refractivity contribution in [2.75, 3.05) is 13.2 Å². The Kier molecular flexibility index (Phi) is 6.48. The highest BCUT2D eigenvalue weighted by atomic mass is 16.6. The quantitative estimate of drug-likeness (QED) is 0.387. The summed E-state index contributed by atoms with van der Waals surface area (Å²) in [5.74, 6) is 0.939. The van der Waals surface area contributed by atoms with Gasteiger partial charge in [-0.3, -0.25) is 14.4 Å². The largest absolute Gasteiger partial charge is 0.465 e. The Morgan fingerprint density at radius 1 is 1.18 bits per heavy atom. The van der Waals surface area contributed by atoms with Crippen molar-refractivity contribution in [3.63, 3.8) is 0 Å². The smallest absolute Gasteiger partial charge is 0.320 e. The molecule has 7 atom stereocenters. The van der Waals surface area contributed by atoms with Gasteiger partial charge in [-0.1, -0.05) is 18.4 Å². The van der Waals surface area contributed by atoms with E-state index in [9.17, 15) is 19.5 Å². The maximum absolute atomic E-state index is 13.1. The maximum atomic E-state index is 13.1. The van der Waals surface area contributed by atoms with Gasteiger partial charge in [0.25, 0.3) is 0 Å². The number of ketones is 1. The van der Waals surface area contributed by atoms with Crippen LogP contribution in [-0.2, 0) is 23.9 Å². The number of fused-ring (bicyclic) bond motifs is 5. The van der Waals surface area contributed by atoms with Crippen molar-refractivity contribution in [3.8, 4) is 12.3 Å². The number of aliphatic hydroxyl groups is 1. The predicted octanol–water partition coefficient (Wildman–Crippen LogP) is 3.46. The summed E-state index contributed by atoms with van der Waals surface area (Å²) in [6.07, 6.45) is 12.4. The molecular formula is C27H36O6. The van der Waals surface area contributed by atoms with Crippen molar-refractivity contribution in [2.24, 2.45) is 40.9 Å². The Bertz CT molecular complexity index is 881. The summed E-state index contributed by atoms with van der Waals surface area (Å²) < 4.78 is 10.7. The minimum absolute atomic E-state index is 0.0280. The normalized spacial score (nSPS) is 39.6. The van der Waals surface area contributed by atoms with Gasteiger partial charge in [0, 0.05) is 11.8 Å². The Morgan fingerprint density at radius 2 is 1.85 bits per heavy atom. The van der Waals surface area contributed by atoms with Crippen LogP contribution in [0.3, 0.4) is 0 Å². The van der Waals surface area contributed by atoms with Crippen molar-refractivity contribution < 1.29 is 29.0 Å². The Morgan fingerprint density at radius 3 is 2.45 bits per heavy atom. The summed E-state index contributed by atoms with van der Waals surface area (Å²) in [6.45, 7) is 5.89. The third-order valence-corrected chi connectivity index (χ3v) is 9.29. The van der Waals surface area contributed by atoms with Crippen molar-refractivity contribution in [1.29, 1.82) is 0 Å². The molecule has 6 heteroatoms. The lowest BCUT2D eigenvalue weighted by Crippen LogP contribution is -2.56. The second-order valence-corrected chi connectivity index (χ2v) is 10.5. The number of rotatable bonds is 5. The number of hydrogen-bond acceptors (Lipinski definition) is 6. The molecule has 0 saturated heterocycles. The topological polar surface area (TPSA) is 89.9 Å². The zero-order chi connectivity index (χ0) is 24.0. The molecule has 6 nitrogen and oxygen atoms in total. The Balaban J connectivity index is 1.81. The molecular weight excluding hydrogens is 420 g/mol. The molecule has 3 fully saturated rings. The van der Waals surface area contributed by atoms with Crippen LogP contribution in [0, 0.1) is 53.3 Å². The van der Waals surface area contributed by atoms with Crippen molar-refractivity contribution in [2.45, 2.75) is 71.3 Å². The summed E-state index contributed by atoms with van der Waals surface area (Å²) in [6, 6.07) is 0. The van der Waals surface area contributed by atoms with E-state index in [0.29, 0.717) is 19.3 Å². The number of terminal acetylenes is 1. The third-order valence-electron chi connectivity index (χ3n) is 9.29. The number of esters is 2. The predicted molar refractivity (Wildman–Crippen MR) is 122 cm³/mol. The van der Waals surface area contributed by atoms with Gasteiger partial charge >= 0.3 is 11.9 Å². The van der Waals surface area contributed by atoms with Crippen LogP contribution in [0.4, 0.5) is 0 Å². The molecule has 4 aliphatic rings. The van der Waals surface area contributed by atoms with Crippen LogP contribution in [0.2, 0.25) is 0 Å². The van der Waals surface area contributed by atoms with Gasteiger partial charge in [0.05, 0.1) is 13.2 Å². The van der Waals surface area contributed by atoms with E-state index < -0.39 is 28.9 Å². The highest BCUT2D eigenvalue weighted by molar-refractivity contribution is 5.95. The average molecular weight is 457 g/mol. The summed E-state index contributed by atoms with van der Waals surface area (Å²) in [7, 11) is 0. The lowest BCUT2D eigenvalue weighted by atomic mass is 9.47. The molecule has 0 spiro atoms. The van der Waals surface area contributed by atoms with Crippen molar-refractivity contribution in [1.82, 2.24) is 0 Å². The van der Waals surface area contributed by atoms with Gasteiger partial charge < -0.3 is 14.6 Å². The van der Waals surface area contributed by atoms with E-state index in [1.54, 1.807) is 19.9 Å². The van der Waals surface area contributed by atoms with Crippen LogP contribution in [0.1, 0.15) is 65.7 Å². The van der Waals surface area contributed by atoms with Gasteiger partial charge in [0.2, 0.25) is 0 Å². The van der Waals surface area contributed by atoms with E-state index in [1.807, 2.05) is 0 Å². The molecule has 3 saturated carbocycles. The van der Waals surface area contributed by atoms with E-state index >= 15 is 0 Å². The maximum Gasteiger partial charge on any atom is 0.320 e. The second-order valence-electron chi connectivity index (χ2n) is 10.5. The van der Waals surface area contributed by atoms with Crippen LogP contribution >= 0.6 is 0 Å². The van der Waals surface area contributed by atoms with E-state index in [2.05, 4.69) is 12.8 Å². The van der Waals surface area contributed by atoms with Gasteiger partial charge in [-0.05, 0) is 88.0 Å². The van der Waals surface area contributed by atoms with Gasteiger partial charge in [0.15, 0.2) is 11.7 Å². The molecule has 0 amide bonds. The minimum Gasteiger partial charge on any atom is -0.465 e. The molecule has 4 rings (SSSR count). The highest BCUT2D eigenvalue weighted by Gasteiger charge is 2.65. The molecule has 1 N–H and O–H groups in total. The Labute approximate surface area is 196 Å². The molecule has 0 bridgehead atoms. The van der Waals surface area contributed by atoms with Crippen LogP contribution in [0.25, 0.3) is 0 Å². The zero-order valence-electron chi connectivity index (χ0n) is 20.0. The first-order valence-electron chi connectivity index (χ1n) is 12.5. The summed E-state index contributed by atoms with van der Waals surface area (Å²) in [5.41, 5.74) is -0.597. The number of carbonyl (C=O) groups is 3. The number of hydrogen-bond donors (Lipinski definition) is 1. The molecule has 0 aromatic heterocycles. The number of allylic oxidation sites excluding steroid dienone is 1. The fourth-order valence-corrected chi connectivity index (χ4v) is 7.79. The molecule has 0 radical (unpaired) electrons. The minimum atomic E-state index is -1.19. The molecule has 0 aliphatic heterocycles. The first kappa shape index (κ1) is 24.0. The standard InChI is InChI=1S/C27H36O6/c1-5-27(31)13-11-21-22-19(10-12-26(21,27)4)18-9-8-17(28)14-16(18)15-20(22)23(24(29)32-6-2)25(30)33-7-3/h1,14,18-23,31H,6-13,15H2,2-4H3/t18-,19+,20+,21-,22-,26-,27-/m0/s1. The number of ether oxygens (including phenoxy) is 2. The van der Waals surface area contributed by atoms with E-state index in [0.717, 1.165) is 31.3 Å². The van der Waals surface area contributed by atoms with E-state index in [1.165, 1.54) is 0 Å². The first-order valence-corrected chi connectivity index (χ1v) is 12.5. The molecule has 0 heterocycles. The van der Waals surface area contributed by atoms with Gasteiger partial charge in [-0.2, -0.15) is 0 Å². The van der Waals surface area contributed by atoms with Crippen molar-refractivity contribution >= 4 is 17.7 Å². The summed E-state index contributed by atoms with van der Waals surface area (Å²) in [4.78, 5) is 38.5. The monoisotopic (exact) mass is 456 g/mol. The van der Waals surface area contributed by atoms with Crippen LogP contribution in [-0.4, -0.2) is 41.6 Å². The van der Waals surface area contributed by atoms with Crippen LogP contribution in [0.5, 0.6) is 0 Å². The lowest BCUT2D eigenvalue weighted by molar-refractivity contribution is -0.171. The van der Waals surface area contributed by atoms with E-state index in [4.69, 9.17) is 15.9 Å². The molecule has 33 heavy (non-hydrogen) atoms. The molecule has 180 valence electrons. The van der Waals surface area contributed by atoms with Crippen molar-refractivity contribution in [3.05, 3.63) is 11.6 Å². The molecule has 0 aromatic rings. The van der Waals surface area contributed by atoms with Crippen LogP contribution in [0.15, 0.2) is 11.6 Å². The highest BCUT2D eigenvalue weighted by Crippen LogP contribution is 2.66. The lowest BCUT2D eigenvalue weighted by Gasteiger charge is -2.57. The van der Waals surface area contributed by atoms with Gasteiger partial charge in [-0.25, -0.2) is 0 Å². The number of carbonyl (C=O) groups excluding carboxylic acids is 3. The zero-order valence-corrected chi connectivity index (χ0v) is 20.0. The second kappa shape index (κ2) is 8.91. The van der Waals surface area contributed by atoms with Gasteiger partial charge in [-0.15, -0.1) is 6.42 Å². The molecule has 0 unspecified atom stereocenters. The first-order chi connectivity index (χ1) is 15.7. The fraction of sp³-hybridized carbons (Fsp3) is 0.741. The molecule has 4 aliphatic carbocycles. The average Bonchev–Trinajstić information content (AvgIpc) is 3.05. The third kappa shape index (κ3) is 3.73. The van der Waals surface area contributed by atoms with E-state index in [-0.39, 0.29) is 48.6 Å².